The van der Waals surface area contributed by atoms with Crippen molar-refractivity contribution in [1.82, 2.24) is 0 Å². The molecule has 0 spiro atoms. The van der Waals surface area contributed by atoms with Crippen molar-refractivity contribution < 1.29 is 35.0 Å². The summed E-state index contributed by atoms with van der Waals surface area (Å²) in [5.41, 5.74) is -5.15. The Morgan fingerprint density at radius 2 is 1.44 bits per heavy atom. The monoisotopic (exact) mass is 476 g/mol. The molecule has 0 radical (unpaired) electrons. The van der Waals surface area contributed by atoms with E-state index in [4.69, 9.17) is 57.9 Å². The average Bonchev–Trinajstić information content (AvgIpc) is 2.61. The maximum absolute atomic E-state index is 10.7. The van der Waals surface area contributed by atoms with Crippen LogP contribution in [0.2, 0.25) is 0 Å². The number of alkyl halides is 3. The van der Waals surface area contributed by atoms with Gasteiger partial charge in [-0.2, -0.15) is 13.2 Å². The summed E-state index contributed by atoms with van der Waals surface area (Å²) >= 11 is 26.1. The van der Waals surface area contributed by atoms with E-state index in [2.05, 4.69) is 0 Å². The Kier molecular flexibility index (Phi) is 4.64. The zero-order valence-electron chi connectivity index (χ0n) is 11.7. The van der Waals surface area contributed by atoms with Gasteiger partial charge in [0.2, 0.25) is 0 Å². The van der Waals surface area contributed by atoms with Crippen LogP contribution in [-0.2, 0) is 10.1 Å². The Morgan fingerprint density at radius 3 is 1.96 bits per heavy atom. The standard InChI is InChI=1S/C10H8Cl4N2P.CHF3O3S/c11-17(12,13,14)10-6-2-3-7-15(10)9-5-1-4-8-16(9)17;2-1(3,4)8(5,6)7/h1-8H;(H,5,6,7)/q+1;/p-1. The molecule has 0 amide bonds. The summed E-state index contributed by atoms with van der Waals surface area (Å²) in [6.45, 7) is 0. The second kappa shape index (κ2) is 5.55. The molecule has 3 heterocycles. The van der Waals surface area contributed by atoms with Gasteiger partial charge in [0.25, 0.3) is 0 Å². The molecule has 2 aromatic heterocycles. The van der Waals surface area contributed by atoms with Gasteiger partial charge in [-0.3, -0.25) is 0 Å². The van der Waals surface area contributed by atoms with Crippen molar-refractivity contribution in [2.75, 3.05) is 0 Å². The van der Waals surface area contributed by atoms with Crippen LogP contribution in [0, 0.1) is 0 Å². The molecule has 0 saturated carbocycles. The Balaban J connectivity index is 0.000000242. The minimum Gasteiger partial charge on any atom is -0.741 e. The molecule has 0 unspecified atom stereocenters. The molecular formula is C11H8Cl4F3N2O3PS. The Labute approximate surface area is 159 Å². The molecule has 0 fully saturated rings. The van der Waals surface area contributed by atoms with E-state index < -0.39 is 19.1 Å². The number of hydrogen-bond acceptors (Lipinski definition) is 3. The Morgan fingerprint density at radius 1 is 0.960 bits per heavy atom. The van der Waals surface area contributed by atoms with Crippen LogP contribution in [0.5, 0.6) is 0 Å². The number of pyridine rings is 2. The molecule has 0 atom stereocenters. The van der Waals surface area contributed by atoms with Gasteiger partial charge < -0.3 is 4.55 Å². The fraction of sp³-hybridized carbons (Fsp3) is 0.0909. The summed E-state index contributed by atoms with van der Waals surface area (Å²) in [6.07, 6.45) is 3.52. The second-order valence-corrected chi connectivity index (χ2v) is 22.4. The third-order valence-corrected chi connectivity index (χ3v) is 10.1. The number of rotatable bonds is 0. The van der Waals surface area contributed by atoms with Gasteiger partial charge in [0.05, 0.1) is 0 Å². The summed E-state index contributed by atoms with van der Waals surface area (Å²) in [5.74, 6) is 0.744. The smallest absolute Gasteiger partial charge is 0.485 e. The largest absolute Gasteiger partial charge is 0.741 e. The first-order valence-corrected chi connectivity index (χ1v) is 13.8. The van der Waals surface area contributed by atoms with Crippen LogP contribution in [0.15, 0.2) is 48.8 Å². The van der Waals surface area contributed by atoms with E-state index in [0.29, 0.717) is 5.44 Å². The third kappa shape index (κ3) is 3.69. The van der Waals surface area contributed by atoms with Gasteiger partial charge >= 0.3 is 123 Å². The van der Waals surface area contributed by atoms with Crippen LogP contribution in [0.4, 0.5) is 13.2 Å². The Bertz CT molecular complexity index is 912. The summed E-state index contributed by atoms with van der Waals surface area (Å²) in [7, 11) is -6.09. The van der Waals surface area contributed by atoms with E-state index in [1.165, 1.54) is 0 Å². The molecule has 25 heavy (non-hydrogen) atoms. The number of hydrogen-bond donors (Lipinski definition) is 0. The van der Waals surface area contributed by atoms with E-state index >= 15 is 0 Å². The summed E-state index contributed by atoms with van der Waals surface area (Å²) < 4.78 is 57.5. The predicted molar refractivity (Wildman–Crippen MR) is 89.3 cm³/mol. The quantitative estimate of drug-likeness (QED) is 0.253. The van der Waals surface area contributed by atoms with Crippen molar-refractivity contribution in [1.29, 1.82) is 0 Å². The topological polar surface area (TPSA) is 65.0 Å². The van der Waals surface area contributed by atoms with Crippen molar-refractivity contribution in [3.63, 3.8) is 0 Å². The first kappa shape index (κ1) is 20.9. The number of nitrogens with zero attached hydrogens (tertiary/aromatic N) is 2. The molecule has 2 aromatic rings. The first-order valence-electron chi connectivity index (χ1n) is 6.14. The molecule has 0 aliphatic carbocycles. The van der Waals surface area contributed by atoms with Crippen LogP contribution in [-0.4, -0.2) is 18.5 Å². The molecule has 0 N–H and O–H groups in total. The zero-order valence-corrected chi connectivity index (χ0v) is 16.5. The van der Waals surface area contributed by atoms with Gasteiger partial charge in [-0.1, -0.05) is 0 Å². The number of aromatic nitrogens is 2. The van der Waals surface area contributed by atoms with Gasteiger partial charge in [-0.05, 0) is 0 Å². The normalized spacial score (nSPS) is 21.9. The van der Waals surface area contributed by atoms with Crippen LogP contribution in [0.25, 0.3) is 5.82 Å². The van der Waals surface area contributed by atoms with E-state index in [1.54, 1.807) is 33.3 Å². The Hall–Kier alpha value is -0.410. The molecule has 140 valence electrons. The second-order valence-electron chi connectivity index (χ2n) is 4.86. The maximum Gasteiger partial charge on any atom is 0.485 e. The van der Waals surface area contributed by atoms with Gasteiger partial charge in [0.15, 0.2) is 10.1 Å². The summed E-state index contributed by atoms with van der Waals surface area (Å²) in [4.78, 5) is 0. The SMILES string of the molecule is Cl[P-]1(Cl)(Cl)(Cl)c2cccc[n+]2-c2cccc[n+]21.O=S(=O)([O-])C(F)(F)F. The average molecular weight is 478 g/mol. The molecule has 0 aromatic carbocycles. The van der Waals surface area contributed by atoms with Gasteiger partial charge in [-0.15, -0.1) is 0 Å². The molecule has 1 aliphatic heterocycles. The van der Waals surface area contributed by atoms with Gasteiger partial charge in [-0.25, -0.2) is 8.42 Å². The first-order chi connectivity index (χ1) is 11.0. The fourth-order valence-corrected chi connectivity index (χ4v) is 7.35. The van der Waals surface area contributed by atoms with Crippen molar-refractivity contribution in [2.24, 2.45) is 0 Å². The van der Waals surface area contributed by atoms with Crippen LogP contribution in [0.3, 0.4) is 0 Å². The molecule has 1 aliphatic rings. The minimum absolute atomic E-state index is 0.496. The van der Waals surface area contributed by atoms with Crippen molar-refractivity contribution >= 4 is 64.0 Å². The number of fused-ring (bicyclic) bond motifs is 3. The number of halogens is 7. The van der Waals surface area contributed by atoms with Gasteiger partial charge in [0, 0.05) is 0 Å². The molecule has 0 saturated heterocycles. The third-order valence-electron chi connectivity index (χ3n) is 3.07. The van der Waals surface area contributed by atoms with Crippen LogP contribution < -0.4 is 14.3 Å². The van der Waals surface area contributed by atoms with Crippen molar-refractivity contribution in [2.45, 2.75) is 5.51 Å². The summed E-state index contributed by atoms with van der Waals surface area (Å²) in [6, 6.07) is 10.9. The van der Waals surface area contributed by atoms with E-state index in [9.17, 15) is 13.2 Å². The van der Waals surface area contributed by atoms with E-state index in [0.717, 1.165) is 5.82 Å². The maximum atomic E-state index is 10.7. The van der Waals surface area contributed by atoms with Crippen LogP contribution in [0.1, 0.15) is 0 Å². The van der Waals surface area contributed by atoms with E-state index in [-0.39, 0.29) is 0 Å². The molecule has 0 bridgehead atoms. The molecular weight excluding hydrogens is 470 g/mol. The van der Waals surface area contributed by atoms with E-state index in [1.807, 2.05) is 24.4 Å². The minimum atomic E-state index is -6.09. The molecule has 3 rings (SSSR count). The molecule has 14 heteroatoms. The fourth-order valence-electron chi connectivity index (χ4n) is 2.05. The summed E-state index contributed by atoms with van der Waals surface area (Å²) in [5, 5.41) is 0. The van der Waals surface area contributed by atoms with Crippen LogP contribution >= 0.6 is 48.5 Å². The van der Waals surface area contributed by atoms with Crippen molar-refractivity contribution in [3.05, 3.63) is 48.8 Å². The van der Waals surface area contributed by atoms with Crippen molar-refractivity contribution in [3.8, 4) is 5.82 Å². The predicted octanol–water partition coefficient (Wildman–Crippen LogP) is 3.41. The molecule has 5 nitrogen and oxygen atoms in total. The zero-order chi connectivity index (χ0) is 19.4. The van der Waals surface area contributed by atoms with Gasteiger partial charge in [0.1, 0.15) is 0 Å².